The van der Waals surface area contributed by atoms with Gasteiger partial charge in [0.15, 0.2) is 0 Å². The minimum atomic E-state index is -0.0657. The SMILES string of the molecule is CC(C)OC(=O)C(I)CCCCI. The van der Waals surface area contributed by atoms with Gasteiger partial charge in [0.2, 0.25) is 0 Å². The van der Waals surface area contributed by atoms with Gasteiger partial charge < -0.3 is 4.74 Å². The highest BCUT2D eigenvalue weighted by molar-refractivity contribution is 14.1. The first-order valence-corrected chi connectivity index (χ1v) is 7.25. The van der Waals surface area contributed by atoms with Gasteiger partial charge in [-0.2, -0.15) is 0 Å². The summed E-state index contributed by atoms with van der Waals surface area (Å²) in [6.45, 7) is 3.76. The molecule has 1 atom stereocenters. The molecule has 0 heterocycles. The Morgan fingerprint density at radius 2 is 2.00 bits per heavy atom. The normalized spacial score (nSPS) is 13.0. The average molecular weight is 410 g/mol. The van der Waals surface area contributed by atoms with Gasteiger partial charge in [-0.25, -0.2) is 0 Å². The van der Waals surface area contributed by atoms with Crippen molar-refractivity contribution >= 4 is 51.2 Å². The van der Waals surface area contributed by atoms with Gasteiger partial charge in [-0.05, 0) is 31.1 Å². The number of hydrogen-bond acceptors (Lipinski definition) is 2. The quantitative estimate of drug-likeness (QED) is 0.291. The fourth-order valence-electron chi connectivity index (χ4n) is 0.842. The Morgan fingerprint density at radius 1 is 1.38 bits per heavy atom. The summed E-state index contributed by atoms with van der Waals surface area (Å²) >= 11 is 4.52. The molecule has 1 unspecified atom stereocenters. The van der Waals surface area contributed by atoms with Crippen LogP contribution in [0.4, 0.5) is 0 Å². The van der Waals surface area contributed by atoms with Crippen LogP contribution in [0.25, 0.3) is 0 Å². The summed E-state index contributed by atoms with van der Waals surface area (Å²) in [6.07, 6.45) is 3.25. The molecule has 0 N–H and O–H groups in total. The number of unbranched alkanes of at least 4 members (excludes halogenated alkanes) is 1. The highest BCUT2D eigenvalue weighted by Crippen LogP contribution is 2.13. The molecule has 0 aliphatic carbocycles. The number of rotatable bonds is 6. The lowest BCUT2D eigenvalue weighted by Crippen LogP contribution is -2.20. The summed E-state index contributed by atoms with van der Waals surface area (Å²) in [7, 11) is 0. The van der Waals surface area contributed by atoms with Gasteiger partial charge in [-0.3, -0.25) is 4.79 Å². The molecule has 0 aromatic carbocycles. The molecule has 0 aliphatic rings. The van der Waals surface area contributed by atoms with Gasteiger partial charge >= 0.3 is 5.97 Å². The van der Waals surface area contributed by atoms with Crippen LogP contribution in [0.15, 0.2) is 0 Å². The Bertz CT molecular complexity index is 149. The minimum absolute atomic E-state index is 0.00865. The number of halogens is 2. The number of carbonyl (C=O) groups excluding carboxylic acids is 1. The van der Waals surface area contributed by atoms with Gasteiger partial charge in [-0.15, -0.1) is 0 Å². The van der Waals surface area contributed by atoms with Crippen LogP contribution in [0.2, 0.25) is 0 Å². The molecule has 0 amide bonds. The van der Waals surface area contributed by atoms with Crippen molar-refractivity contribution in [2.45, 2.75) is 43.1 Å². The summed E-state index contributed by atoms with van der Waals surface area (Å²) in [5.74, 6) is -0.0657. The van der Waals surface area contributed by atoms with Crippen LogP contribution in [0.5, 0.6) is 0 Å². The summed E-state index contributed by atoms with van der Waals surface area (Å²) in [5.41, 5.74) is 0. The summed E-state index contributed by atoms with van der Waals surface area (Å²) in [6, 6.07) is 0. The Hall–Kier alpha value is 0.930. The van der Waals surface area contributed by atoms with Gasteiger partial charge in [0.1, 0.15) is 3.92 Å². The third kappa shape index (κ3) is 7.96. The third-order valence-corrected chi connectivity index (χ3v) is 3.34. The zero-order valence-electron chi connectivity index (χ0n) is 8.06. The smallest absolute Gasteiger partial charge is 0.319 e. The van der Waals surface area contributed by atoms with Crippen LogP contribution < -0.4 is 0 Å². The molecule has 13 heavy (non-hydrogen) atoms. The largest absolute Gasteiger partial charge is 0.462 e. The van der Waals surface area contributed by atoms with E-state index in [1.807, 2.05) is 13.8 Å². The van der Waals surface area contributed by atoms with Gasteiger partial charge in [0.25, 0.3) is 0 Å². The molecule has 0 aliphatic heterocycles. The van der Waals surface area contributed by atoms with Crippen LogP contribution in [0.1, 0.15) is 33.1 Å². The predicted molar refractivity (Wildman–Crippen MR) is 71.8 cm³/mol. The van der Waals surface area contributed by atoms with E-state index in [0.717, 1.165) is 12.8 Å². The van der Waals surface area contributed by atoms with Crippen molar-refractivity contribution in [2.24, 2.45) is 0 Å². The molecular formula is C9H16I2O2. The first kappa shape index (κ1) is 13.9. The first-order valence-electron chi connectivity index (χ1n) is 4.48. The molecule has 0 aromatic rings. The Balaban J connectivity index is 3.57. The summed E-state index contributed by atoms with van der Waals surface area (Å²) in [5, 5.41) is 0. The number of hydrogen-bond donors (Lipinski definition) is 0. The molecule has 0 bridgehead atoms. The Kier molecular flexibility index (Phi) is 8.85. The lowest BCUT2D eigenvalue weighted by Gasteiger charge is -2.11. The van der Waals surface area contributed by atoms with Crippen molar-refractivity contribution in [1.82, 2.24) is 0 Å². The van der Waals surface area contributed by atoms with E-state index in [9.17, 15) is 4.79 Å². The zero-order chi connectivity index (χ0) is 10.3. The van der Waals surface area contributed by atoms with Crippen LogP contribution >= 0.6 is 45.2 Å². The van der Waals surface area contributed by atoms with Crippen LogP contribution in [-0.4, -0.2) is 20.4 Å². The van der Waals surface area contributed by atoms with E-state index in [0.29, 0.717) is 0 Å². The molecule has 4 heteroatoms. The van der Waals surface area contributed by atoms with Crippen molar-refractivity contribution < 1.29 is 9.53 Å². The van der Waals surface area contributed by atoms with E-state index in [1.165, 1.54) is 10.8 Å². The lowest BCUT2D eigenvalue weighted by atomic mass is 10.2. The second-order valence-corrected chi connectivity index (χ2v) is 5.72. The standard InChI is InChI=1S/C9H16I2O2/c1-7(2)13-9(12)8(11)5-3-4-6-10/h7-8H,3-6H2,1-2H3. The molecule has 0 rings (SSSR count). The van der Waals surface area contributed by atoms with Gasteiger partial charge in [0, 0.05) is 0 Å². The maximum Gasteiger partial charge on any atom is 0.319 e. The van der Waals surface area contributed by atoms with E-state index < -0.39 is 0 Å². The van der Waals surface area contributed by atoms with E-state index in [4.69, 9.17) is 4.74 Å². The molecule has 0 radical (unpaired) electrons. The molecule has 78 valence electrons. The van der Waals surface area contributed by atoms with Crippen LogP contribution in [0, 0.1) is 0 Å². The van der Waals surface area contributed by atoms with Crippen LogP contribution in [-0.2, 0) is 9.53 Å². The van der Waals surface area contributed by atoms with Crippen molar-refractivity contribution in [1.29, 1.82) is 0 Å². The summed E-state index contributed by atoms with van der Waals surface area (Å²) in [4.78, 5) is 11.3. The molecular weight excluding hydrogens is 394 g/mol. The predicted octanol–water partition coefficient (Wildman–Crippen LogP) is 3.35. The number of alkyl halides is 2. The summed E-state index contributed by atoms with van der Waals surface area (Å²) < 4.78 is 6.29. The third-order valence-electron chi connectivity index (χ3n) is 1.45. The van der Waals surface area contributed by atoms with Crippen molar-refractivity contribution in [3.05, 3.63) is 0 Å². The average Bonchev–Trinajstić information content (AvgIpc) is 2.03. The number of ether oxygens (including phenoxy) is 1. The second-order valence-electron chi connectivity index (χ2n) is 3.14. The highest BCUT2D eigenvalue weighted by Gasteiger charge is 2.16. The van der Waals surface area contributed by atoms with E-state index in [2.05, 4.69) is 45.2 Å². The molecule has 0 spiro atoms. The van der Waals surface area contributed by atoms with Crippen molar-refractivity contribution in [2.75, 3.05) is 4.43 Å². The van der Waals surface area contributed by atoms with E-state index in [1.54, 1.807) is 0 Å². The molecule has 0 fully saturated rings. The lowest BCUT2D eigenvalue weighted by molar-refractivity contribution is -0.146. The first-order chi connectivity index (χ1) is 6.07. The molecule has 0 aromatic heterocycles. The van der Waals surface area contributed by atoms with Gasteiger partial charge in [0.05, 0.1) is 6.10 Å². The molecule has 0 saturated carbocycles. The number of carbonyl (C=O) groups is 1. The second kappa shape index (κ2) is 8.26. The van der Waals surface area contributed by atoms with Crippen molar-refractivity contribution in [3.63, 3.8) is 0 Å². The highest BCUT2D eigenvalue weighted by atomic mass is 127. The molecule has 2 nitrogen and oxygen atoms in total. The number of esters is 1. The monoisotopic (exact) mass is 410 g/mol. The van der Waals surface area contributed by atoms with Crippen molar-refractivity contribution in [3.8, 4) is 0 Å². The van der Waals surface area contributed by atoms with Gasteiger partial charge in [-0.1, -0.05) is 51.6 Å². The maximum atomic E-state index is 11.3. The van der Waals surface area contributed by atoms with E-state index >= 15 is 0 Å². The fraction of sp³-hybridized carbons (Fsp3) is 0.889. The maximum absolute atomic E-state index is 11.3. The minimum Gasteiger partial charge on any atom is -0.462 e. The Morgan fingerprint density at radius 3 is 2.46 bits per heavy atom. The zero-order valence-corrected chi connectivity index (χ0v) is 12.4. The van der Waals surface area contributed by atoms with E-state index in [-0.39, 0.29) is 16.0 Å². The van der Waals surface area contributed by atoms with Crippen LogP contribution in [0.3, 0.4) is 0 Å². The Labute approximate surface area is 107 Å². The fourth-order valence-corrected chi connectivity index (χ4v) is 1.97. The topological polar surface area (TPSA) is 26.3 Å². The molecule has 0 saturated heterocycles.